The van der Waals surface area contributed by atoms with Crippen LogP contribution in [0.15, 0.2) is 23.8 Å². The molecule has 0 aromatic rings. The second-order valence-electron chi connectivity index (χ2n) is 10.1. The fraction of sp³-hybridized carbons (Fsp3) is 0.696. The van der Waals surface area contributed by atoms with Crippen molar-refractivity contribution in [3.05, 3.63) is 23.8 Å². The van der Waals surface area contributed by atoms with Gasteiger partial charge in [0.1, 0.15) is 6.17 Å². The predicted octanol–water partition coefficient (Wildman–Crippen LogP) is 2.75. The average Bonchev–Trinajstić information content (AvgIpc) is 2.94. The Hall–Kier alpha value is -1.53. The zero-order chi connectivity index (χ0) is 22.2. The quantitative estimate of drug-likeness (QED) is 0.514. The molecule has 4 rings (SSSR count). The summed E-state index contributed by atoms with van der Waals surface area (Å²) in [5, 5.41) is 13.8. The zero-order valence-corrected chi connectivity index (χ0v) is 18.5. The lowest BCUT2D eigenvalue weighted by Crippen LogP contribution is -2.67. The number of alkyl halides is 2. The minimum Gasteiger partial charge on any atom is -0.391 e. The van der Waals surface area contributed by atoms with E-state index in [1.807, 2.05) is 13.8 Å². The molecule has 0 spiro atoms. The van der Waals surface area contributed by atoms with Crippen molar-refractivity contribution in [1.29, 1.82) is 0 Å². The molecule has 0 radical (unpaired) electrons. The molecule has 3 unspecified atom stereocenters. The van der Waals surface area contributed by atoms with Crippen LogP contribution in [0.1, 0.15) is 40.0 Å². The second-order valence-corrected chi connectivity index (χ2v) is 10.7. The van der Waals surface area contributed by atoms with Gasteiger partial charge in [0.2, 0.25) is 5.78 Å². The number of halogens is 2. The van der Waals surface area contributed by atoms with Crippen molar-refractivity contribution in [3.8, 4) is 0 Å². The zero-order valence-electron chi connectivity index (χ0n) is 17.7. The lowest BCUT2D eigenvalue weighted by molar-refractivity contribution is -0.148. The van der Waals surface area contributed by atoms with E-state index in [0.717, 1.165) is 0 Å². The number of rotatable bonds is 2. The van der Waals surface area contributed by atoms with Gasteiger partial charge in [0.05, 0.1) is 11.0 Å². The van der Waals surface area contributed by atoms with E-state index in [0.29, 0.717) is 12.0 Å². The van der Waals surface area contributed by atoms with Gasteiger partial charge in [0.25, 0.3) is 5.91 Å². The minimum atomic E-state index is -1.35. The predicted molar refractivity (Wildman–Crippen MR) is 110 cm³/mol. The van der Waals surface area contributed by atoms with Crippen LogP contribution in [0.25, 0.3) is 0 Å². The Labute approximate surface area is 181 Å². The maximum atomic E-state index is 15.4. The van der Waals surface area contributed by atoms with Gasteiger partial charge in [-0.1, -0.05) is 26.8 Å². The molecule has 9 atom stereocenters. The maximum absolute atomic E-state index is 15.4. The van der Waals surface area contributed by atoms with Gasteiger partial charge in [-0.2, -0.15) is 0 Å². The van der Waals surface area contributed by atoms with Gasteiger partial charge in [-0.05, 0) is 60.2 Å². The Balaban J connectivity index is 1.81. The van der Waals surface area contributed by atoms with Crippen LogP contribution in [0.3, 0.4) is 0 Å². The molecular weight excluding hydrogens is 409 g/mol. The van der Waals surface area contributed by atoms with Gasteiger partial charge < -0.3 is 10.4 Å². The molecule has 4 aliphatic carbocycles. The average molecular weight is 438 g/mol. The first-order valence-electron chi connectivity index (χ1n) is 10.6. The van der Waals surface area contributed by atoms with Gasteiger partial charge in [0, 0.05) is 18.4 Å². The number of Topliss-reactive ketones (excluding diaryl/α,β-unsaturated/α-hetero) is 1. The van der Waals surface area contributed by atoms with Crippen LogP contribution < -0.4 is 5.32 Å². The number of aliphatic hydroxyl groups excluding tert-OH is 1. The van der Waals surface area contributed by atoms with E-state index in [9.17, 15) is 19.5 Å². The number of carbonyl (C=O) groups is 3. The molecule has 7 heteroatoms. The third-order valence-corrected chi connectivity index (χ3v) is 9.63. The Bertz CT molecular complexity index is 886. The molecular formula is C23H29ClFNO4. The number of fused-ring (bicyclic) bond motifs is 5. The normalized spacial score (nSPS) is 49.6. The number of hydrogen-bond acceptors (Lipinski definition) is 4. The van der Waals surface area contributed by atoms with Crippen molar-refractivity contribution in [2.45, 2.75) is 57.2 Å². The molecule has 0 aromatic carbocycles. The summed E-state index contributed by atoms with van der Waals surface area (Å²) in [5.41, 5.74) is -1.33. The lowest BCUT2D eigenvalue weighted by atomic mass is 9.46. The van der Waals surface area contributed by atoms with Crippen LogP contribution in [-0.4, -0.2) is 46.8 Å². The summed E-state index contributed by atoms with van der Waals surface area (Å²) in [7, 11) is 1.43. The fourth-order valence-corrected chi connectivity index (χ4v) is 7.88. The van der Waals surface area contributed by atoms with E-state index in [1.165, 1.54) is 19.2 Å². The molecule has 4 aliphatic rings. The summed E-state index contributed by atoms with van der Waals surface area (Å²) >= 11 is 7.26. The summed E-state index contributed by atoms with van der Waals surface area (Å²) in [6.45, 7) is 5.68. The van der Waals surface area contributed by atoms with E-state index in [2.05, 4.69) is 5.32 Å². The van der Waals surface area contributed by atoms with Crippen molar-refractivity contribution < 1.29 is 23.9 Å². The summed E-state index contributed by atoms with van der Waals surface area (Å²) in [6, 6.07) is 0. The Kier molecular flexibility index (Phi) is 4.87. The van der Waals surface area contributed by atoms with Crippen LogP contribution in [0.5, 0.6) is 0 Å². The number of ketones is 2. The molecule has 2 N–H and O–H groups in total. The monoisotopic (exact) mass is 437 g/mol. The van der Waals surface area contributed by atoms with Crippen LogP contribution in [0, 0.1) is 34.5 Å². The first-order chi connectivity index (χ1) is 13.9. The van der Waals surface area contributed by atoms with Crippen LogP contribution >= 0.6 is 11.6 Å². The smallest absolute Gasteiger partial charge is 0.287 e. The van der Waals surface area contributed by atoms with Gasteiger partial charge in [-0.3, -0.25) is 14.4 Å². The van der Waals surface area contributed by atoms with Crippen LogP contribution in [0.4, 0.5) is 4.39 Å². The largest absolute Gasteiger partial charge is 0.391 e. The highest BCUT2D eigenvalue weighted by atomic mass is 35.5. The van der Waals surface area contributed by atoms with E-state index < -0.39 is 51.5 Å². The number of allylic oxidation sites excluding steroid dienone is 4. The second kappa shape index (κ2) is 6.73. The minimum absolute atomic E-state index is 0.0812. The fourth-order valence-electron chi connectivity index (χ4n) is 7.39. The molecule has 164 valence electrons. The third-order valence-electron chi connectivity index (χ3n) is 8.70. The first-order valence-corrected chi connectivity index (χ1v) is 11.0. The molecule has 30 heavy (non-hydrogen) atoms. The number of hydrogen-bond donors (Lipinski definition) is 2. The third kappa shape index (κ3) is 2.52. The van der Waals surface area contributed by atoms with Gasteiger partial charge >= 0.3 is 0 Å². The standard InChI is InChI=1S/C23H29ClFNO4/c1-11-7-13-14-9-16(25)15-8-12(27)5-6-22(15,3)23(14,24)17(28)10-21(13,2)18(11)19(29)20(30)26-4/h5-6,8,11,13-14,16-18,28H,7,9-10H2,1-4H3,(H,26,30)/t11?,13-,14-,16?,17?,18+,21-,22-,23-/m0/s1. The highest BCUT2D eigenvalue weighted by molar-refractivity contribution is 6.37. The molecule has 0 saturated heterocycles. The molecule has 0 aliphatic heterocycles. The molecule has 0 bridgehead atoms. The highest BCUT2D eigenvalue weighted by Gasteiger charge is 2.72. The Morgan fingerprint density at radius 1 is 1.27 bits per heavy atom. The van der Waals surface area contributed by atoms with E-state index in [1.54, 1.807) is 13.0 Å². The van der Waals surface area contributed by atoms with E-state index in [-0.39, 0.29) is 30.5 Å². The van der Waals surface area contributed by atoms with Gasteiger partial charge in [-0.25, -0.2) is 4.39 Å². The van der Waals surface area contributed by atoms with Gasteiger partial charge in [0.15, 0.2) is 5.78 Å². The van der Waals surface area contributed by atoms with Gasteiger partial charge in [-0.15, -0.1) is 11.6 Å². The Morgan fingerprint density at radius 2 is 1.93 bits per heavy atom. The SMILES string of the molecule is CNC(=O)C(=O)[C@H]1C(C)C[C@H]2[C@@H]3CC(F)C4=CC(=O)C=C[C@]4(C)[C@@]3(Cl)C(O)C[C@]12C. The van der Waals surface area contributed by atoms with Crippen LogP contribution in [-0.2, 0) is 14.4 Å². The number of carbonyl (C=O) groups excluding carboxylic acids is 3. The number of nitrogens with one attached hydrogen (secondary N) is 1. The lowest BCUT2D eigenvalue weighted by Gasteiger charge is -2.63. The van der Waals surface area contributed by atoms with E-state index in [4.69, 9.17) is 11.6 Å². The van der Waals surface area contributed by atoms with Crippen molar-refractivity contribution >= 4 is 29.1 Å². The summed E-state index contributed by atoms with van der Waals surface area (Å²) in [5.74, 6) is -2.53. The van der Waals surface area contributed by atoms with Crippen molar-refractivity contribution in [2.24, 2.45) is 34.5 Å². The molecule has 1 amide bonds. The number of amides is 1. The topological polar surface area (TPSA) is 83.5 Å². The number of aliphatic hydroxyl groups is 1. The highest BCUT2D eigenvalue weighted by Crippen LogP contribution is 2.70. The molecule has 0 heterocycles. The molecule has 0 aromatic heterocycles. The number of likely N-dealkylation sites (N-methyl/N-ethyl adjacent to an activating group) is 1. The van der Waals surface area contributed by atoms with E-state index >= 15 is 4.39 Å². The van der Waals surface area contributed by atoms with Crippen molar-refractivity contribution in [1.82, 2.24) is 5.32 Å². The van der Waals surface area contributed by atoms with Crippen LogP contribution in [0.2, 0.25) is 0 Å². The first kappa shape index (κ1) is 21.7. The Morgan fingerprint density at radius 3 is 2.57 bits per heavy atom. The van der Waals surface area contributed by atoms with Crippen molar-refractivity contribution in [3.63, 3.8) is 0 Å². The summed E-state index contributed by atoms with van der Waals surface area (Å²) in [6.07, 6.45) is 2.98. The maximum Gasteiger partial charge on any atom is 0.287 e. The molecule has 5 nitrogen and oxygen atoms in total. The molecule has 3 saturated carbocycles. The summed E-state index contributed by atoms with van der Waals surface area (Å²) < 4.78 is 15.4. The molecule has 3 fully saturated rings. The van der Waals surface area contributed by atoms with Crippen molar-refractivity contribution in [2.75, 3.05) is 7.05 Å². The summed E-state index contributed by atoms with van der Waals surface area (Å²) in [4.78, 5) is 35.8.